The zero-order valence-electron chi connectivity index (χ0n) is 77.1. The van der Waals surface area contributed by atoms with Crippen molar-refractivity contribution in [2.75, 3.05) is 0 Å². The van der Waals surface area contributed by atoms with Gasteiger partial charge in [0.2, 0.25) is 0 Å². The van der Waals surface area contributed by atoms with E-state index in [4.69, 9.17) is 0 Å². The fourth-order valence-electron chi connectivity index (χ4n) is 26.2. The van der Waals surface area contributed by atoms with Crippen molar-refractivity contribution < 1.29 is 0 Å². The molecule has 0 aromatic rings. The van der Waals surface area contributed by atoms with E-state index < -0.39 is 0 Å². The minimum Gasteiger partial charge on any atom is -0.0814 e. The van der Waals surface area contributed by atoms with Crippen LogP contribution in [0.3, 0.4) is 0 Å². The molecule has 0 spiro atoms. The molecule has 0 radical (unpaired) electrons. The Labute approximate surface area is 666 Å². The molecule has 0 aromatic heterocycles. The molecule has 0 aliphatic heterocycles. The largest absolute Gasteiger partial charge is 0.0814 e. The van der Waals surface area contributed by atoms with Gasteiger partial charge in [-0.3, -0.25) is 0 Å². The Kier molecular flexibility index (Phi) is 29.4. The van der Waals surface area contributed by atoms with Crippen LogP contribution in [0, 0.1) is 191 Å². The Balaban J connectivity index is 0.000000128. The van der Waals surface area contributed by atoms with Crippen LogP contribution in [0.1, 0.15) is 457 Å². The molecule has 0 nitrogen and oxygen atoms in total. The van der Waals surface area contributed by atoms with Crippen molar-refractivity contribution in [3.05, 3.63) is 22.8 Å². The first-order valence-electron chi connectivity index (χ1n) is 48.5. The third-order valence-corrected chi connectivity index (χ3v) is 36.1. The lowest BCUT2D eigenvalue weighted by Gasteiger charge is -2.47. The van der Waals surface area contributed by atoms with Gasteiger partial charge in [-0.2, -0.15) is 0 Å². The topological polar surface area (TPSA) is 0 Å². The number of hydrogen-bond acceptors (Lipinski definition) is 0. The second-order valence-electron chi connectivity index (χ2n) is 52.2. The van der Waals surface area contributed by atoms with Gasteiger partial charge in [-0.05, 0) is 403 Å². The first-order chi connectivity index (χ1) is 49.1. The highest BCUT2D eigenvalue weighted by atomic mass is 14.6. The van der Waals surface area contributed by atoms with Gasteiger partial charge in [-0.25, -0.2) is 0 Å². The summed E-state index contributed by atoms with van der Waals surface area (Å²) < 4.78 is 0. The molecule has 15 fully saturated rings. The maximum atomic E-state index is 2.55. The highest BCUT2D eigenvalue weighted by molar-refractivity contribution is 5.26. The molecule has 0 heteroatoms. The molecule has 106 heavy (non-hydrogen) atoms. The van der Waals surface area contributed by atoms with E-state index in [0.717, 1.165) is 142 Å². The summed E-state index contributed by atoms with van der Waals surface area (Å²) in [5.41, 5.74) is 10.5. The molecule has 15 saturated carbocycles. The van der Waals surface area contributed by atoms with E-state index in [0.29, 0.717) is 48.7 Å². The van der Waals surface area contributed by atoms with E-state index in [-0.39, 0.29) is 0 Å². The van der Waals surface area contributed by atoms with Crippen LogP contribution in [0.15, 0.2) is 22.8 Å². The van der Waals surface area contributed by atoms with Crippen molar-refractivity contribution in [3.63, 3.8) is 0 Å². The molecule has 0 amide bonds. The molecule has 19 unspecified atom stereocenters. The molecule has 18 rings (SSSR count). The third-order valence-electron chi connectivity index (χ3n) is 36.1. The first kappa shape index (κ1) is 87.9. The number of rotatable bonds is 0. The van der Waals surface area contributed by atoms with E-state index >= 15 is 0 Å². The molecule has 0 aromatic carbocycles. The van der Waals surface area contributed by atoms with Crippen LogP contribution in [0.5, 0.6) is 0 Å². The lowest BCUT2D eigenvalue weighted by Crippen LogP contribution is -2.37. The standard InChI is InChI=1S/C14H26.C13H24.2C12H22.C12H20.2C11H20.C11H18.C10H18/c1-14(2,3)13-9-7-11-5-4-6-12(11)8-10-13;1-13(2,3)12-8-7-10-5-4-6-11(10)9-12;1-12(2,3)11-7-6-9-4-5-10(9)8-11;2*1-12(2,3)11-7-9-5-4-6-10(9)8-11;1-11(2,3)10-5-4-8-6-9(8)7-10;2*1-11(2,3)10-6-8-4-5-9(8)7-10;1-10(2,3)9-5-7-4-8(7)6-9/h11-13H,4-10H2,1-3H3;10-12H,4-9H2,1-3H3;2*9-11H,4-8H2,1-3H3;11H,4-8H2,1-3H3;2*8-10H,4-7H2,1-3H3;6,9-10H,4-5,7H2,1-3H3;7-9H,4-6H2,1-3H3. The zero-order chi connectivity index (χ0) is 77.5. The van der Waals surface area contributed by atoms with Gasteiger partial charge in [0.1, 0.15) is 0 Å². The number of hydrogen-bond donors (Lipinski definition) is 0. The van der Waals surface area contributed by atoms with Gasteiger partial charge in [-0.1, -0.05) is 268 Å². The summed E-state index contributed by atoms with van der Waals surface area (Å²) in [5, 5.41) is 0. The highest BCUT2D eigenvalue weighted by Crippen LogP contribution is 2.61. The Morgan fingerprint density at radius 2 is 0.434 bits per heavy atom. The average Bonchev–Trinajstić information content (AvgIpc) is 1.61. The monoisotopic (exact) mass is 1460 g/mol. The quantitative estimate of drug-likeness (QED) is 0.212. The second kappa shape index (κ2) is 35.5. The summed E-state index contributed by atoms with van der Waals surface area (Å²) in [6.07, 6.45) is 66.1. The highest BCUT2D eigenvalue weighted by Gasteiger charge is 2.50. The Hall–Kier alpha value is -0.520. The zero-order valence-corrected chi connectivity index (χ0v) is 77.1. The van der Waals surface area contributed by atoms with E-state index in [1.54, 1.807) is 44.1 Å². The van der Waals surface area contributed by atoms with Crippen LogP contribution in [0.25, 0.3) is 0 Å². The summed E-state index contributed by atoms with van der Waals surface area (Å²) in [6.45, 7) is 64.9. The molecule has 614 valence electrons. The molecule has 18 aliphatic carbocycles. The van der Waals surface area contributed by atoms with Gasteiger partial charge >= 0.3 is 0 Å². The predicted molar refractivity (Wildman–Crippen MR) is 468 cm³/mol. The van der Waals surface area contributed by atoms with Gasteiger partial charge < -0.3 is 0 Å². The van der Waals surface area contributed by atoms with Gasteiger partial charge in [0.25, 0.3) is 0 Å². The van der Waals surface area contributed by atoms with Crippen LogP contribution in [0.4, 0.5) is 0 Å². The number of allylic oxidation sites excluding steroid dienone is 4. The lowest BCUT2D eigenvalue weighted by atomic mass is 9.58. The van der Waals surface area contributed by atoms with E-state index in [1.807, 2.05) is 11.1 Å². The van der Waals surface area contributed by atoms with Crippen molar-refractivity contribution in [1.82, 2.24) is 0 Å². The SMILES string of the molecule is CC(C)(C)C1C=C2CCC2C1.CC(C)(C)C1CC2=C(CCC2)C1.CC(C)(C)C1CC2CC2C1.CC(C)(C)C1CC2CCC2C1.CC(C)(C)C1CC2CCCC2C1.CC(C)(C)C1CCC2CC2C1.CC(C)(C)C1CCC2CCC2C1.CC(C)(C)C1CCC2CCCC2C1.CC(C)(C)C1CCC2CCCC2CC1. The molecule has 0 saturated heterocycles. The maximum absolute atomic E-state index is 2.55. The molecule has 0 bridgehead atoms. The molecular weight excluding hydrogens is 1270 g/mol. The molecule has 19 atom stereocenters. The molecule has 0 heterocycles. The molecule has 0 N–H and O–H groups in total. The average molecular weight is 1460 g/mol. The van der Waals surface area contributed by atoms with Crippen LogP contribution in [-0.4, -0.2) is 0 Å². The fraction of sp³-hybridized carbons (Fsp3) is 0.962. The fourth-order valence-corrected chi connectivity index (χ4v) is 26.2. The van der Waals surface area contributed by atoms with Crippen molar-refractivity contribution in [2.45, 2.75) is 457 Å². The van der Waals surface area contributed by atoms with E-state index in [2.05, 4.69) is 193 Å². The van der Waals surface area contributed by atoms with E-state index in [1.165, 1.54) is 231 Å². The van der Waals surface area contributed by atoms with Crippen molar-refractivity contribution in [1.29, 1.82) is 0 Å². The van der Waals surface area contributed by atoms with E-state index in [9.17, 15) is 0 Å². The Morgan fingerprint density at radius 3 is 0.736 bits per heavy atom. The van der Waals surface area contributed by atoms with Crippen LogP contribution < -0.4 is 0 Å². The molecule has 18 aliphatic rings. The normalized spacial score (nSPS) is 39.5. The van der Waals surface area contributed by atoms with Crippen molar-refractivity contribution in [2.24, 2.45) is 191 Å². The Bertz CT molecular complexity index is 2610. The first-order valence-corrected chi connectivity index (χ1v) is 48.5. The minimum atomic E-state index is 0.504. The summed E-state index contributed by atoms with van der Waals surface area (Å²) in [4.78, 5) is 0. The summed E-state index contributed by atoms with van der Waals surface area (Å²) in [6, 6.07) is 0. The van der Waals surface area contributed by atoms with Crippen LogP contribution >= 0.6 is 0 Å². The lowest BCUT2D eigenvalue weighted by molar-refractivity contribution is 0.0356. The van der Waals surface area contributed by atoms with Crippen molar-refractivity contribution in [3.8, 4) is 0 Å². The summed E-state index contributed by atoms with van der Waals surface area (Å²) in [5.74, 6) is 25.8. The van der Waals surface area contributed by atoms with Crippen LogP contribution in [-0.2, 0) is 0 Å². The molecular formula is C106H190. The number of fused-ring (bicyclic) bond motifs is 8. The van der Waals surface area contributed by atoms with Gasteiger partial charge in [-0.15, -0.1) is 0 Å². The second-order valence-corrected chi connectivity index (χ2v) is 52.2. The summed E-state index contributed by atoms with van der Waals surface area (Å²) in [7, 11) is 0. The van der Waals surface area contributed by atoms with Crippen LogP contribution in [0.2, 0.25) is 0 Å². The van der Waals surface area contributed by atoms with Crippen molar-refractivity contribution >= 4 is 0 Å². The predicted octanol–water partition coefficient (Wildman–Crippen LogP) is 33.9. The third kappa shape index (κ3) is 24.8. The smallest absolute Gasteiger partial charge is 0.0176 e. The minimum absolute atomic E-state index is 0.504. The summed E-state index contributed by atoms with van der Waals surface area (Å²) >= 11 is 0. The van der Waals surface area contributed by atoms with Gasteiger partial charge in [0, 0.05) is 0 Å². The maximum Gasteiger partial charge on any atom is -0.0176 e. The van der Waals surface area contributed by atoms with Gasteiger partial charge in [0.15, 0.2) is 0 Å². The Morgan fingerprint density at radius 1 is 0.189 bits per heavy atom. The van der Waals surface area contributed by atoms with Gasteiger partial charge in [0.05, 0.1) is 0 Å².